The number of aliphatic carboxylic acids is 2. The van der Waals surface area contributed by atoms with Crippen LogP contribution in [0.1, 0.15) is 36.1 Å². The highest BCUT2D eigenvalue weighted by Crippen LogP contribution is 2.18. The predicted octanol–water partition coefficient (Wildman–Crippen LogP) is 2.23. The quantitative estimate of drug-likeness (QED) is 0.467. The average Bonchev–Trinajstić information content (AvgIpc) is 2.65. The predicted molar refractivity (Wildman–Crippen MR) is 141 cm³/mol. The van der Waals surface area contributed by atoms with Gasteiger partial charge in [0.25, 0.3) is 0 Å². The summed E-state index contributed by atoms with van der Waals surface area (Å²) < 4.78 is 2.00. The summed E-state index contributed by atoms with van der Waals surface area (Å²) in [5.74, 6) is -2.41. The van der Waals surface area contributed by atoms with Crippen LogP contribution in [0.3, 0.4) is 0 Å². The topological polar surface area (TPSA) is 80.3 Å². The van der Waals surface area contributed by atoms with Gasteiger partial charge in [-0.1, -0.05) is 48.5 Å². The lowest BCUT2D eigenvalue weighted by Crippen LogP contribution is -2.27. The summed E-state index contributed by atoms with van der Waals surface area (Å²) in [5.41, 5.74) is 5.16. The van der Waals surface area contributed by atoms with Crippen molar-refractivity contribution in [3.63, 3.8) is 0 Å². The number of carbonyl (C=O) groups is 2. The van der Waals surface area contributed by atoms with Crippen LogP contribution in [0.2, 0.25) is 0 Å². The SMILES string of the molecule is C/C(=C/C(=O)[O-])c1ccc(Cc2ccc(/C(C)=C/C(=O)[O-])cc2)cc1.C[N+](C)(C)C.C[N+](C)(C)C. The number of carboxylic acids is 2. The summed E-state index contributed by atoms with van der Waals surface area (Å²) in [4.78, 5) is 21.2. The monoisotopic (exact) mass is 482 g/mol. The molecule has 0 N–H and O–H groups in total. The Labute approximate surface area is 211 Å². The van der Waals surface area contributed by atoms with E-state index in [-0.39, 0.29) is 0 Å². The third-order valence-corrected chi connectivity index (χ3v) is 3.90. The number of rotatable bonds is 6. The molecule has 0 atom stereocenters. The fourth-order valence-corrected chi connectivity index (χ4v) is 2.53. The molecule has 0 heterocycles. The number of quaternary nitrogens is 2. The zero-order valence-electron chi connectivity index (χ0n) is 23.0. The van der Waals surface area contributed by atoms with Crippen LogP contribution in [0.25, 0.3) is 11.1 Å². The van der Waals surface area contributed by atoms with E-state index in [9.17, 15) is 19.8 Å². The third kappa shape index (κ3) is 18.8. The Bertz CT molecular complexity index is 909. The zero-order valence-corrected chi connectivity index (χ0v) is 23.0. The fraction of sp³-hybridized carbons (Fsp3) is 0.379. The fourth-order valence-electron chi connectivity index (χ4n) is 2.53. The average molecular weight is 483 g/mol. The smallest absolute Gasteiger partial charge is 0.0675 e. The summed E-state index contributed by atoms with van der Waals surface area (Å²) in [6.45, 7) is 3.46. The van der Waals surface area contributed by atoms with Gasteiger partial charge in [-0.25, -0.2) is 0 Å². The van der Waals surface area contributed by atoms with E-state index in [0.29, 0.717) is 11.1 Å². The van der Waals surface area contributed by atoms with E-state index in [2.05, 4.69) is 56.4 Å². The first-order valence-electron chi connectivity index (χ1n) is 11.4. The van der Waals surface area contributed by atoms with Crippen LogP contribution in [-0.4, -0.2) is 77.3 Å². The summed E-state index contributed by atoms with van der Waals surface area (Å²) in [7, 11) is 17.0. The Morgan fingerprint density at radius 1 is 0.600 bits per heavy atom. The van der Waals surface area contributed by atoms with E-state index in [1.165, 1.54) is 0 Å². The molecule has 0 aliphatic heterocycles. The van der Waals surface area contributed by atoms with Crippen molar-refractivity contribution in [1.82, 2.24) is 0 Å². The van der Waals surface area contributed by atoms with E-state index in [0.717, 1.165) is 49.8 Å². The van der Waals surface area contributed by atoms with E-state index in [1.807, 2.05) is 48.5 Å². The maximum absolute atomic E-state index is 10.6. The highest BCUT2D eigenvalue weighted by atomic mass is 16.4. The second kappa shape index (κ2) is 14.2. The van der Waals surface area contributed by atoms with Crippen molar-refractivity contribution in [2.24, 2.45) is 0 Å². The Morgan fingerprint density at radius 2 is 0.829 bits per heavy atom. The molecule has 0 amide bonds. The van der Waals surface area contributed by atoms with Crippen LogP contribution in [-0.2, 0) is 16.0 Å². The number of hydrogen-bond acceptors (Lipinski definition) is 4. The molecule has 2 aromatic rings. The first-order chi connectivity index (χ1) is 15.8. The Kier molecular flexibility index (Phi) is 12.9. The van der Waals surface area contributed by atoms with E-state index < -0.39 is 11.9 Å². The van der Waals surface area contributed by atoms with Gasteiger partial charge in [0, 0.05) is 0 Å². The number of benzene rings is 2. The Morgan fingerprint density at radius 3 is 1.03 bits per heavy atom. The van der Waals surface area contributed by atoms with Crippen molar-refractivity contribution in [1.29, 1.82) is 0 Å². The van der Waals surface area contributed by atoms with Gasteiger partial charge in [-0.2, -0.15) is 0 Å². The molecule has 0 radical (unpaired) electrons. The molecule has 0 aliphatic rings. The maximum Gasteiger partial charge on any atom is 0.0675 e. The lowest BCUT2D eigenvalue weighted by molar-refractivity contribution is -0.849. The molecule has 6 nitrogen and oxygen atoms in total. The number of allylic oxidation sites excluding steroid dienone is 2. The minimum Gasteiger partial charge on any atom is -0.545 e. The zero-order chi connectivity index (χ0) is 27.4. The summed E-state index contributed by atoms with van der Waals surface area (Å²) in [6, 6.07) is 15.3. The van der Waals surface area contributed by atoms with E-state index in [1.54, 1.807) is 13.8 Å². The number of carbonyl (C=O) groups excluding carboxylic acids is 2. The normalized spacial score (nSPS) is 12.1. The molecule has 6 heteroatoms. The third-order valence-electron chi connectivity index (χ3n) is 3.90. The molecule has 0 unspecified atom stereocenters. The van der Waals surface area contributed by atoms with Crippen LogP contribution in [0.4, 0.5) is 0 Å². The largest absolute Gasteiger partial charge is 0.545 e. The molecular formula is C29H42N2O4. The van der Waals surface area contributed by atoms with Crippen molar-refractivity contribution in [2.45, 2.75) is 20.3 Å². The van der Waals surface area contributed by atoms with Crippen LogP contribution >= 0.6 is 0 Å². The van der Waals surface area contributed by atoms with Gasteiger partial charge in [-0.3, -0.25) is 0 Å². The molecular weight excluding hydrogens is 440 g/mol. The molecule has 192 valence electrons. The lowest BCUT2D eigenvalue weighted by atomic mass is 9.99. The van der Waals surface area contributed by atoms with Crippen molar-refractivity contribution in [3.05, 3.63) is 82.9 Å². The van der Waals surface area contributed by atoms with Gasteiger partial charge in [-0.05, 0) is 65.8 Å². The number of carboxylic acid groups (broad SMARTS) is 2. The van der Waals surface area contributed by atoms with Gasteiger partial charge < -0.3 is 28.8 Å². The highest BCUT2D eigenvalue weighted by molar-refractivity contribution is 5.88. The molecule has 0 fully saturated rings. The molecule has 0 saturated heterocycles. The molecule has 0 spiro atoms. The molecule has 2 aromatic carbocycles. The van der Waals surface area contributed by atoms with Gasteiger partial charge in [0.15, 0.2) is 0 Å². The van der Waals surface area contributed by atoms with E-state index in [4.69, 9.17) is 0 Å². The van der Waals surface area contributed by atoms with Gasteiger partial charge in [0.05, 0.1) is 68.3 Å². The molecule has 0 aliphatic carbocycles. The second-order valence-electron chi connectivity index (χ2n) is 11.2. The lowest BCUT2D eigenvalue weighted by Gasteiger charge is -2.14. The van der Waals surface area contributed by atoms with Gasteiger partial charge >= 0.3 is 0 Å². The standard InChI is InChI=1S/C21H20O4.2C4H12N/c1-14(11-20(22)23)18-7-3-16(4-8-18)13-17-5-9-19(10-6-17)15(2)12-21(24)25;2*1-5(2,3)4/h3-12H,13H2,1-2H3,(H,22,23)(H,24,25);2*1-4H3/q;2*+1/p-2/b14-11-,15-12+;;. The summed E-state index contributed by atoms with van der Waals surface area (Å²) in [5, 5.41) is 21.2. The Balaban J connectivity index is 0.000000975. The Hall–Kier alpha value is -3.22. The number of hydrogen-bond donors (Lipinski definition) is 0. The van der Waals surface area contributed by atoms with Crippen molar-refractivity contribution in [3.8, 4) is 0 Å². The molecule has 0 saturated carbocycles. The molecule has 35 heavy (non-hydrogen) atoms. The van der Waals surface area contributed by atoms with Crippen LogP contribution in [0.15, 0.2) is 60.7 Å². The summed E-state index contributed by atoms with van der Waals surface area (Å²) in [6.07, 6.45) is 2.89. The molecule has 0 bridgehead atoms. The van der Waals surface area contributed by atoms with Gasteiger partial charge in [0.2, 0.25) is 0 Å². The molecule has 2 rings (SSSR count). The summed E-state index contributed by atoms with van der Waals surface area (Å²) >= 11 is 0. The van der Waals surface area contributed by atoms with Crippen molar-refractivity contribution >= 4 is 23.1 Å². The minimum atomic E-state index is -1.20. The van der Waals surface area contributed by atoms with Crippen molar-refractivity contribution < 1.29 is 28.8 Å². The van der Waals surface area contributed by atoms with Crippen LogP contribution in [0.5, 0.6) is 0 Å². The first-order valence-corrected chi connectivity index (χ1v) is 11.4. The van der Waals surface area contributed by atoms with Crippen LogP contribution < -0.4 is 10.2 Å². The van der Waals surface area contributed by atoms with Crippen LogP contribution in [0, 0.1) is 0 Å². The van der Waals surface area contributed by atoms with Crippen molar-refractivity contribution in [2.75, 3.05) is 56.4 Å². The highest BCUT2D eigenvalue weighted by Gasteiger charge is 2.01. The number of nitrogens with zero attached hydrogens (tertiary/aromatic N) is 2. The maximum atomic E-state index is 10.6. The minimum absolute atomic E-state index is 0.645. The first kappa shape index (κ1) is 31.8. The van der Waals surface area contributed by atoms with Gasteiger partial charge in [-0.15, -0.1) is 0 Å². The van der Waals surface area contributed by atoms with E-state index >= 15 is 0 Å². The second-order valence-corrected chi connectivity index (χ2v) is 11.2. The molecule has 0 aromatic heterocycles. The van der Waals surface area contributed by atoms with Gasteiger partial charge in [0.1, 0.15) is 0 Å².